The van der Waals surface area contributed by atoms with Gasteiger partial charge < -0.3 is 5.11 Å². The van der Waals surface area contributed by atoms with E-state index in [0.717, 1.165) is 21.3 Å². The predicted molar refractivity (Wildman–Crippen MR) is 69.8 cm³/mol. The van der Waals surface area contributed by atoms with Crippen LogP contribution in [0.15, 0.2) is 42.9 Å². The van der Waals surface area contributed by atoms with Gasteiger partial charge in [-0.15, -0.1) is 11.3 Å². The maximum absolute atomic E-state index is 10.9. The molecule has 4 nitrogen and oxygen atoms in total. The lowest BCUT2D eigenvalue weighted by Crippen LogP contribution is -1.89. The summed E-state index contributed by atoms with van der Waals surface area (Å²) in [6.07, 6.45) is 5.18. The second-order valence-corrected chi connectivity index (χ2v) is 4.82. The third kappa shape index (κ3) is 1.74. The number of rotatable bonds is 2. The molecule has 3 aromatic rings. The Labute approximate surface area is 107 Å². The molecule has 0 spiro atoms. The van der Waals surface area contributed by atoms with Crippen LogP contribution in [0, 0.1) is 0 Å². The molecule has 0 fully saturated rings. The number of fused-ring (bicyclic) bond motifs is 1. The minimum Gasteiger partial charge on any atom is -0.477 e. The summed E-state index contributed by atoms with van der Waals surface area (Å²) in [5, 5.41) is 9.88. The molecule has 5 heteroatoms. The Kier molecular flexibility index (Phi) is 2.53. The molecule has 3 rings (SSSR count). The molecular weight excluding hydrogens is 248 g/mol. The Balaban J connectivity index is 2.21. The molecule has 18 heavy (non-hydrogen) atoms. The van der Waals surface area contributed by atoms with E-state index >= 15 is 0 Å². The lowest BCUT2D eigenvalue weighted by molar-refractivity contribution is 0.0702. The van der Waals surface area contributed by atoms with E-state index in [1.54, 1.807) is 30.7 Å². The molecule has 0 aromatic carbocycles. The van der Waals surface area contributed by atoms with Crippen LogP contribution in [0.25, 0.3) is 21.3 Å². The van der Waals surface area contributed by atoms with Gasteiger partial charge in [0.2, 0.25) is 0 Å². The van der Waals surface area contributed by atoms with Crippen molar-refractivity contribution in [1.29, 1.82) is 0 Å². The number of carbonyl (C=O) groups is 1. The van der Waals surface area contributed by atoms with Gasteiger partial charge in [-0.25, -0.2) is 4.79 Å². The first-order valence-electron chi connectivity index (χ1n) is 5.28. The molecule has 0 unspecified atom stereocenters. The first-order chi connectivity index (χ1) is 8.75. The number of carboxylic acid groups (broad SMARTS) is 1. The summed E-state index contributed by atoms with van der Waals surface area (Å²) in [5.41, 5.74) is 1.71. The van der Waals surface area contributed by atoms with Crippen molar-refractivity contribution in [2.24, 2.45) is 0 Å². The van der Waals surface area contributed by atoms with E-state index in [1.165, 1.54) is 11.3 Å². The van der Waals surface area contributed by atoms with Crippen LogP contribution >= 0.6 is 11.3 Å². The first kappa shape index (κ1) is 10.9. The first-order valence-corrected chi connectivity index (χ1v) is 6.09. The Morgan fingerprint density at radius 1 is 1.22 bits per heavy atom. The van der Waals surface area contributed by atoms with Crippen molar-refractivity contribution in [3.8, 4) is 10.4 Å². The van der Waals surface area contributed by atoms with Crippen molar-refractivity contribution in [2.75, 3.05) is 0 Å². The third-order valence-electron chi connectivity index (χ3n) is 2.59. The highest BCUT2D eigenvalue weighted by Gasteiger charge is 2.11. The van der Waals surface area contributed by atoms with Crippen molar-refractivity contribution >= 4 is 28.2 Å². The fraction of sp³-hybridized carbons (Fsp3) is 0. The Bertz CT molecular complexity index is 731. The molecule has 0 aliphatic heterocycles. The fourth-order valence-electron chi connectivity index (χ4n) is 1.78. The van der Waals surface area contributed by atoms with E-state index in [0.29, 0.717) is 4.88 Å². The van der Waals surface area contributed by atoms with Crippen molar-refractivity contribution < 1.29 is 9.90 Å². The zero-order valence-electron chi connectivity index (χ0n) is 9.20. The van der Waals surface area contributed by atoms with Gasteiger partial charge >= 0.3 is 5.97 Å². The van der Waals surface area contributed by atoms with Gasteiger partial charge in [-0.2, -0.15) is 0 Å². The molecule has 0 radical (unpaired) electrons. The Morgan fingerprint density at radius 2 is 2.11 bits per heavy atom. The number of nitrogens with zero attached hydrogens (tertiary/aromatic N) is 2. The smallest absolute Gasteiger partial charge is 0.345 e. The van der Waals surface area contributed by atoms with E-state index in [2.05, 4.69) is 9.97 Å². The standard InChI is InChI=1S/C13H8N2O2S/c16-13(17)11-4-3-10(18-11)9-7-14-6-8-2-1-5-15-12(8)9/h1-7H,(H,16,17). The lowest BCUT2D eigenvalue weighted by Gasteiger charge is -2.01. The molecule has 0 aliphatic carbocycles. The predicted octanol–water partition coefficient (Wildman–Crippen LogP) is 3.06. The van der Waals surface area contributed by atoms with Crippen molar-refractivity contribution in [3.05, 3.63) is 47.7 Å². The van der Waals surface area contributed by atoms with Gasteiger partial charge in [-0.05, 0) is 24.3 Å². The maximum atomic E-state index is 10.9. The van der Waals surface area contributed by atoms with Gasteiger partial charge in [0.25, 0.3) is 0 Å². The average molecular weight is 256 g/mol. The zero-order valence-corrected chi connectivity index (χ0v) is 10.0. The van der Waals surface area contributed by atoms with Crippen LogP contribution in [-0.4, -0.2) is 21.0 Å². The van der Waals surface area contributed by atoms with Crippen LogP contribution in [0.1, 0.15) is 9.67 Å². The van der Waals surface area contributed by atoms with Crippen LogP contribution in [0.5, 0.6) is 0 Å². The van der Waals surface area contributed by atoms with E-state index in [4.69, 9.17) is 5.11 Å². The van der Waals surface area contributed by atoms with Gasteiger partial charge in [0.1, 0.15) is 4.88 Å². The topological polar surface area (TPSA) is 63.1 Å². The number of carboxylic acids is 1. The number of hydrogen-bond donors (Lipinski definition) is 1. The highest BCUT2D eigenvalue weighted by atomic mass is 32.1. The summed E-state index contributed by atoms with van der Waals surface area (Å²) in [7, 11) is 0. The number of hydrogen-bond acceptors (Lipinski definition) is 4. The molecule has 0 amide bonds. The molecule has 1 N–H and O–H groups in total. The number of pyridine rings is 2. The number of thiophene rings is 1. The van der Waals surface area contributed by atoms with Crippen LogP contribution in [0.4, 0.5) is 0 Å². The van der Waals surface area contributed by atoms with E-state index < -0.39 is 5.97 Å². The molecule has 88 valence electrons. The van der Waals surface area contributed by atoms with Crippen molar-refractivity contribution in [3.63, 3.8) is 0 Å². The lowest BCUT2D eigenvalue weighted by atomic mass is 10.1. The molecule has 3 heterocycles. The summed E-state index contributed by atoms with van der Waals surface area (Å²) in [5.74, 6) is -0.910. The van der Waals surface area contributed by atoms with E-state index in [-0.39, 0.29) is 0 Å². The fourth-order valence-corrected chi connectivity index (χ4v) is 2.63. The van der Waals surface area contributed by atoms with Gasteiger partial charge in [0, 0.05) is 34.4 Å². The highest BCUT2D eigenvalue weighted by molar-refractivity contribution is 7.17. The summed E-state index contributed by atoms with van der Waals surface area (Å²) in [4.78, 5) is 20.6. The van der Waals surface area contributed by atoms with Gasteiger partial charge in [-0.1, -0.05) is 0 Å². The van der Waals surface area contributed by atoms with Crippen LogP contribution in [0.3, 0.4) is 0 Å². The minimum atomic E-state index is -0.910. The quantitative estimate of drug-likeness (QED) is 0.765. The summed E-state index contributed by atoms with van der Waals surface area (Å²) in [6.45, 7) is 0. The summed E-state index contributed by atoms with van der Waals surface area (Å²) in [6, 6.07) is 7.18. The van der Waals surface area contributed by atoms with Crippen LogP contribution < -0.4 is 0 Å². The average Bonchev–Trinajstić information content (AvgIpc) is 2.87. The molecule has 3 aromatic heterocycles. The van der Waals surface area contributed by atoms with E-state index in [9.17, 15) is 4.79 Å². The molecule has 0 saturated heterocycles. The molecule has 0 bridgehead atoms. The van der Waals surface area contributed by atoms with Crippen LogP contribution in [0.2, 0.25) is 0 Å². The third-order valence-corrected chi connectivity index (χ3v) is 3.70. The summed E-state index contributed by atoms with van der Waals surface area (Å²) < 4.78 is 0. The number of aromatic nitrogens is 2. The Hall–Kier alpha value is -2.27. The Morgan fingerprint density at radius 3 is 2.89 bits per heavy atom. The zero-order chi connectivity index (χ0) is 12.5. The monoisotopic (exact) mass is 256 g/mol. The minimum absolute atomic E-state index is 0.318. The molecule has 0 saturated carbocycles. The van der Waals surface area contributed by atoms with Gasteiger partial charge in [0.05, 0.1) is 5.52 Å². The van der Waals surface area contributed by atoms with Crippen molar-refractivity contribution in [1.82, 2.24) is 9.97 Å². The van der Waals surface area contributed by atoms with E-state index in [1.807, 2.05) is 12.1 Å². The highest BCUT2D eigenvalue weighted by Crippen LogP contribution is 2.31. The summed E-state index contributed by atoms with van der Waals surface area (Å²) >= 11 is 1.23. The maximum Gasteiger partial charge on any atom is 0.345 e. The SMILES string of the molecule is O=C(O)c1ccc(-c2cncc3cccnc23)s1. The second kappa shape index (κ2) is 4.19. The normalized spacial score (nSPS) is 10.7. The van der Waals surface area contributed by atoms with Gasteiger partial charge in [-0.3, -0.25) is 9.97 Å². The molecule has 0 atom stereocenters. The largest absolute Gasteiger partial charge is 0.477 e. The molecular formula is C13H8N2O2S. The molecule has 0 aliphatic rings. The van der Waals surface area contributed by atoms with Gasteiger partial charge in [0.15, 0.2) is 0 Å². The van der Waals surface area contributed by atoms with Crippen molar-refractivity contribution in [2.45, 2.75) is 0 Å². The number of aromatic carboxylic acids is 1. The second-order valence-electron chi connectivity index (χ2n) is 3.73. The van der Waals surface area contributed by atoms with Crippen LogP contribution in [-0.2, 0) is 0 Å².